The zero-order chi connectivity index (χ0) is 14.0. The average molecular weight is 328 g/mol. The predicted octanol–water partition coefficient (Wildman–Crippen LogP) is 3.07. The lowest BCUT2D eigenvalue weighted by molar-refractivity contribution is 0.533. The van der Waals surface area contributed by atoms with Gasteiger partial charge in [0.2, 0.25) is 0 Å². The van der Waals surface area contributed by atoms with Gasteiger partial charge in [0.1, 0.15) is 17.5 Å². The van der Waals surface area contributed by atoms with Gasteiger partial charge in [-0.3, -0.25) is 0 Å². The summed E-state index contributed by atoms with van der Waals surface area (Å²) >= 11 is 3.03. The maximum Gasteiger partial charge on any atom is 0.143 e. The van der Waals surface area contributed by atoms with Crippen LogP contribution in [0.2, 0.25) is 0 Å². The molecule has 0 aliphatic carbocycles. The zero-order valence-corrected chi connectivity index (χ0v) is 11.8. The van der Waals surface area contributed by atoms with E-state index in [2.05, 4.69) is 25.9 Å². The summed E-state index contributed by atoms with van der Waals surface area (Å²) in [6, 6.07) is 3.60. The standard InChI is InChI=1S/C13H12BrF2N3/c1-7-18-5-4-12(19-7)11(17)6-8-10(15)3-2-9(14)13(8)16/h2-5,11H,6,17H2,1H3. The van der Waals surface area contributed by atoms with Crippen LogP contribution in [0.1, 0.15) is 23.1 Å². The highest BCUT2D eigenvalue weighted by molar-refractivity contribution is 9.10. The van der Waals surface area contributed by atoms with Crippen molar-refractivity contribution in [2.24, 2.45) is 5.73 Å². The summed E-state index contributed by atoms with van der Waals surface area (Å²) in [5.74, 6) is -0.661. The van der Waals surface area contributed by atoms with E-state index in [0.29, 0.717) is 11.5 Å². The molecule has 0 aliphatic rings. The third-order valence-corrected chi connectivity index (χ3v) is 3.35. The number of benzene rings is 1. The quantitative estimate of drug-likeness (QED) is 0.881. The molecular formula is C13H12BrF2N3. The Morgan fingerprint density at radius 2 is 2.05 bits per heavy atom. The van der Waals surface area contributed by atoms with Crippen molar-refractivity contribution in [1.29, 1.82) is 0 Å². The summed E-state index contributed by atoms with van der Waals surface area (Å²) in [7, 11) is 0. The second kappa shape index (κ2) is 5.71. The summed E-state index contributed by atoms with van der Waals surface area (Å²) < 4.78 is 27.7. The molecule has 19 heavy (non-hydrogen) atoms. The molecule has 0 spiro atoms. The Morgan fingerprint density at radius 3 is 2.74 bits per heavy atom. The van der Waals surface area contributed by atoms with Crippen LogP contribution in [0.15, 0.2) is 28.9 Å². The second-order valence-electron chi connectivity index (χ2n) is 4.16. The Labute approximate surface area is 118 Å². The molecule has 0 amide bonds. The van der Waals surface area contributed by atoms with Gasteiger partial charge in [0.25, 0.3) is 0 Å². The maximum atomic E-state index is 13.8. The van der Waals surface area contributed by atoms with Gasteiger partial charge in [-0.05, 0) is 47.5 Å². The van der Waals surface area contributed by atoms with E-state index in [1.54, 1.807) is 19.2 Å². The van der Waals surface area contributed by atoms with Crippen LogP contribution in [0.25, 0.3) is 0 Å². The Hall–Kier alpha value is -1.40. The number of hydrogen-bond acceptors (Lipinski definition) is 3. The van der Waals surface area contributed by atoms with E-state index in [1.807, 2.05) is 0 Å². The molecule has 1 heterocycles. The molecular weight excluding hydrogens is 316 g/mol. The molecule has 2 aromatic rings. The molecule has 0 saturated heterocycles. The molecule has 0 radical (unpaired) electrons. The lowest BCUT2D eigenvalue weighted by Gasteiger charge is -2.13. The SMILES string of the molecule is Cc1nccc(C(N)Cc2c(F)ccc(Br)c2F)n1. The van der Waals surface area contributed by atoms with Crippen LogP contribution in [0.4, 0.5) is 8.78 Å². The number of aromatic nitrogens is 2. The smallest absolute Gasteiger partial charge is 0.143 e. The first-order valence-electron chi connectivity index (χ1n) is 5.66. The number of halogens is 3. The molecule has 0 bridgehead atoms. The van der Waals surface area contributed by atoms with Crippen molar-refractivity contribution >= 4 is 15.9 Å². The van der Waals surface area contributed by atoms with Gasteiger partial charge in [0.05, 0.1) is 16.2 Å². The summed E-state index contributed by atoms with van der Waals surface area (Å²) in [4.78, 5) is 8.11. The average Bonchev–Trinajstić information content (AvgIpc) is 2.39. The van der Waals surface area contributed by atoms with Crippen molar-refractivity contribution in [3.8, 4) is 0 Å². The summed E-state index contributed by atoms with van der Waals surface area (Å²) in [6.07, 6.45) is 1.61. The molecule has 2 N–H and O–H groups in total. The molecule has 100 valence electrons. The van der Waals surface area contributed by atoms with Gasteiger partial charge in [-0.1, -0.05) is 0 Å². The molecule has 0 saturated carbocycles. The van der Waals surface area contributed by atoms with Crippen LogP contribution in [0, 0.1) is 18.6 Å². The van der Waals surface area contributed by atoms with E-state index in [-0.39, 0.29) is 16.5 Å². The monoisotopic (exact) mass is 327 g/mol. The third kappa shape index (κ3) is 3.13. The first-order chi connectivity index (χ1) is 8.99. The van der Waals surface area contributed by atoms with Crippen LogP contribution in [-0.4, -0.2) is 9.97 Å². The van der Waals surface area contributed by atoms with Crippen LogP contribution < -0.4 is 5.73 Å². The normalized spacial score (nSPS) is 12.5. The number of hydrogen-bond donors (Lipinski definition) is 1. The van der Waals surface area contributed by atoms with Crippen molar-refractivity contribution < 1.29 is 8.78 Å². The number of nitrogens with two attached hydrogens (primary N) is 1. The number of rotatable bonds is 3. The van der Waals surface area contributed by atoms with Gasteiger partial charge >= 0.3 is 0 Å². The summed E-state index contributed by atoms with van der Waals surface area (Å²) in [6.45, 7) is 1.73. The fourth-order valence-electron chi connectivity index (χ4n) is 1.76. The lowest BCUT2D eigenvalue weighted by atomic mass is 10.0. The fourth-order valence-corrected chi connectivity index (χ4v) is 2.13. The fraction of sp³-hybridized carbons (Fsp3) is 0.231. The van der Waals surface area contributed by atoms with Gasteiger partial charge in [0, 0.05) is 11.8 Å². The zero-order valence-electron chi connectivity index (χ0n) is 10.2. The van der Waals surface area contributed by atoms with Crippen LogP contribution in [0.3, 0.4) is 0 Å². The number of aryl methyl sites for hydroxylation is 1. The number of nitrogens with zero attached hydrogens (tertiary/aromatic N) is 2. The maximum absolute atomic E-state index is 13.8. The molecule has 6 heteroatoms. The van der Waals surface area contributed by atoms with E-state index in [9.17, 15) is 8.78 Å². The molecule has 2 rings (SSSR count). The summed E-state index contributed by atoms with van der Waals surface area (Å²) in [5, 5.41) is 0. The molecule has 0 fully saturated rings. The molecule has 3 nitrogen and oxygen atoms in total. The minimum Gasteiger partial charge on any atom is -0.322 e. The Kier molecular flexibility index (Phi) is 4.21. The van der Waals surface area contributed by atoms with Gasteiger partial charge in [-0.25, -0.2) is 18.7 Å². The molecule has 0 aliphatic heterocycles. The lowest BCUT2D eigenvalue weighted by Crippen LogP contribution is -2.17. The van der Waals surface area contributed by atoms with E-state index in [0.717, 1.165) is 0 Å². The van der Waals surface area contributed by atoms with Crippen LogP contribution >= 0.6 is 15.9 Å². The van der Waals surface area contributed by atoms with Crippen molar-refractivity contribution in [2.75, 3.05) is 0 Å². The predicted molar refractivity (Wildman–Crippen MR) is 71.5 cm³/mol. The highest BCUT2D eigenvalue weighted by Crippen LogP contribution is 2.25. The molecule has 1 unspecified atom stereocenters. The topological polar surface area (TPSA) is 51.8 Å². The van der Waals surface area contributed by atoms with E-state index in [1.165, 1.54) is 12.1 Å². The Balaban J connectivity index is 2.29. The molecule has 1 atom stereocenters. The first kappa shape index (κ1) is 14.0. The van der Waals surface area contributed by atoms with Crippen LogP contribution in [-0.2, 0) is 6.42 Å². The van der Waals surface area contributed by atoms with Crippen molar-refractivity contribution in [3.63, 3.8) is 0 Å². The van der Waals surface area contributed by atoms with Gasteiger partial charge < -0.3 is 5.73 Å². The van der Waals surface area contributed by atoms with Crippen molar-refractivity contribution in [2.45, 2.75) is 19.4 Å². The van der Waals surface area contributed by atoms with Gasteiger partial charge in [0.15, 0.2) is 0 Å². The second-order valence-corrected chi connectivity index (χ2v) is 5.02. The highest BCUT2D eigenvalue weighted by Gasteiger charge is 2.17. The first-order valence-corrected chi connectivity index (χ1v) is 6.46. The largest absolute Gasteiger partial charge is 0.322 e. The Morgan fingerprint density at radius 1 is 1.32 bits per heavy atom. The van der Waals surface area contributed by atoms with E-state index in [4.69, 9.17) is 5.73 Å². The Bertz CT molecular complexity index is 604. The van der Waals surface area contributed by atoms with Crippen molar-refractivity contribution in [1.82, 2.24) is 9.97 Å². The van der Waals surface area contributed by atoms with Gasteiger partial charge in [-0.2, -0.15) is 0 Å². The minimum atomic E-state index is -0.624. The van der Waals surface area contributed by atoms with Crippen molar-refractivity contribution in [3.05, 3.63) is 57.6 Å². The van der Waals surface area contributed by atoms with E-state index < -0.39 is 17.7 Å². The minimum absolute atomic E-state index is 0.0353. The third-order valence-electron chi connectivity index (χ3n) is 2.74. The van der Waals surface area contributed by atoms with E-state index >= 15 is 0 Å². The van der Waals surface area contributed by atoms with Crippen LogP contribution in [0.5, 0.6) is 0 Å². The van der Waals surface area contributed by atoms with Gasteiger partial charge in [-0.15, -0.1) is 0 Å². The molecule has 1 aromatic carbocycles. The highest BCUT2D eigenvalue weighted by atomic mass is 79.9. The summed E-state index contributed by atoms with van der Waals surface area (Å²) in [5.41, 5.74) is 6.46. The molecule has 1 aromatic heterocycles.